The first kappa shape index (κ1) is 19.2. The van der Waals surface area contributed by atoms with E-state index in [-0.39, 0.29) is 5.91 Å². The quantitative estimate of drug-likeness (QED) is 0.312. The van der Waals surface area contributed by atoms with Gasteiger partial charge in [-0.25, -0.2) is 5.43 Å². The molecule has 6 heteroatoms. The number of hydrogen-bond donors (Lipinski definition) is 1. The number of hydrogen-bond acceptors (Lipinski definition) is 4. The zero-order valence-corrected chi connectivity index (χ0v) is 16.9. The highest BCUT2D eigenvalue weighted by Gasteiger charge is 2.16. The maximum atomic E-state index is 12.4. The van der Waals surface area contributed by atoms with Gasteiger partial charge in [-0.05, 0) is 29.3 Å². The first-order valence-corrected chi connectivity index (χ1v) is 10.2. The number of fused-ring (bicyclic) bond motifs is 1. The minimum atomic E-state index is -0.330. The average molecular weight is 421 g/mol. The Morgan fingerprint density at radius 3 is 2.66 bits per heavy atom. The van der Waals surface area contributed by atoms with E-state index < -0.39 is 0 Å². The zero-order chi connectivity index (χ0) is 20.1. The van der Waals surface area contributed by atoms with E-state index in [1.807, 2.05) is 78.9 Å². The smallest absolute Gasteiger partial charge is 0.283 e. The Morgan fingerprint density at radius 2 is 1.83 bits per heavy atom. The van der Waals surface area contributed by atoms with Crippen molar-refractivity contribution in [3.8, 4) is 5.75 Å². The van der Waals surface area contributed by atoms with Gasteiger partial charge in [-0.2, -0.15) is 5.10 Å². The van der Waals surface area contributed by atoms with Crippen LogP contribution in [0.15, 0.2) is 84.0 Å². The van der Waals surface area contributed by atoms with E-state index in [1.54, 1.807) is 6.21 Å². The second-order valence-corrected chi connectivity index (χ2v) is 7.72. The molecule has 4 nitrogen and oxygen atoms in total. The normalized spacial score (nSPS) is 11.1. The summed E-state index contributed by atoms with van der Waals surface area (Å²) < 4.78 is 6.78. The van der Waals surface area contributed by atoms with Crippen LogP contribution < -0.4 is 10.2 Å². The van der Waals surface area contributed by atoms with Gasteiger partial charge in [0.05, 0.1) is 11.2 Å². The van der Waals surface area contributed by atoms with Gasteiger partial charge in [0, 0.05) is 10.1 Å². The number of amides is 1. The maximum absolute atomic E-state index is 12.4. The van der Waals surface area contributed by atoms with Crippen molar-refractivity contribution in [3.63, 3.8) is 0 Å². The van der Waals surface area contributed by atoms with Crippen LogP contribution >= 0.6 is 22.9 Å². The number of nitrogens with zero attached hydrogens (tertiary/aromatic N) is 1. The van der Waals surface area contributed by atoms with E-state index in [4.69, 9.17) is 16.3 Å². The summed E-state index contributed by atoms with van der Waals surface area (Å²) in [6, 6.07) is 25.1. The van der Waals surface area contributed by atoms with E-state index in [9.17, 15) is 4.79 Å². The van der Waals surface area contributed by atoms with Crippen molar-refractivity contribution >= 4 is 45.1 Å². The van der Waals surface area contributed by atoms with Gasteiger partial charge in [0.1, 0.15) is 17.2 Å². The molecule has 29 heavy (non-hydrogen) atoms. The third-order valence-corrected chi connectivity index (χ3v) is 5.90. The number of halogens is 1. The Labute approximate surface area is 177 Å². The number of hydrazone groups is 1. The molecule has 1 aromatic heterocycles. The standard InChI is InChI=1S/C23H17ClN2O2S/c24-21-19-11-4-5-12-20(19)29-22(21)23(27)26-25-14-17-9-6-10-18(13-17)28-15-16-7-2-1-3-8-16/h1-14H,15H2,(H,26,27). The molecule has 0 saturated heterocycles. The van der Waals surface area contributed by atoms with Gasteiger partial charge in [0.15, 0.2) is 0 Å². The van der Waals surface area contributed by atoms with Crippen LogP contribution in [0.25, 0.3) is 10.1 Å². The van der Waals surface area contributed by atoms with Crippen LogP contribution in [-0.4, -0.2) is 12.1 Å². The summed E-state index contributed by atoms with van der Waals surface area (Å²) in [6.07, 6.45) is 1.58. The number of benzene rings is 3. The molecule has 0 aliphatic rings. The molecule has 1 heterocycles. The van der Waals surface area contributed by atoms with Gasteiger partial charge in [0.2, 0.25) is 0 Å². The van der Waals surface area contributed by atoms with Crippen molar-refractivity contribution in [1.29, 1.82) is 0 Å². The fourth-order valence-corrected chi connectivity index (χ4v) is 4.21. The summed E-state index contributed by atoms with van der Waals surface area (Å²) in [5.41, 5.74) is 4.46. The van der Waals surface area contributed by atoms with Crippen LogP contribution in [0.1, 0.15) is 20.8 Å². The Kier molecular flexibility index (Phi) is 5.89. The molecule has 0 fully saturated rings. The highest BCUT2D eigenvalue weighted by molar-refractivity contribution is 7.21. The van der Waals surface area contributed by atoms with E-state index in [0.29, 0.717) is 16.5 Å². The van der Waals surface area contributed by atoms with E-state index in [0.717, 1.165) is 27.0 Å². The average Bonchev–Trinajstić information content (AvgIpc) is 3.10. The Bertz CT molecular complexity index is 1170. The molecule has 0 saturated carbocycles. The summed E-state index contributed by atoms with van der Waals surface area (Å²) in [4.78, 5) is 12.9. The molecule has 0 unspecified atom stereocenters. The number of ether oxygens (including phenoxy) is 1. The summed E-state index contributed by atoms with van der Waals surface area (Å²) in [5, 5.41) is 5.38. The molecule has 1 N–H and O–H groups in total. The molecule has 4 rings (SSSR count). The fraction of sp³-hybridized carbons (Fsp3) is 0.0435. The molecule has 1 amide bonds. The Hall–Kier alpha value is -3.15. The maximum Gasteiger partial charge on any atom is 0.283 e. The predicted octanol–water partition coefficient (Wildman–Crippen LogP) is 5.90. The van der Waals surface area contributed by atoms with Gasteiger partial charge in [0.25, 0.3) is 5.91 Å². The molecule has 144 valence electrons. The van der Waals surface area contributed by atoms with Crippen molar-refractivity contribution in [2.24, 2.45) is 5.10 Å². The molecule has 0 spiro atoms. The van der Waals surface area contributed by atoms with Crippen LogP contribution in [-0.2, 0) is 6.61 Å². The highest BCUT2D eigenvalue weighted by Crippen LogP contribution is 2.34. The summed E-state index contributed by atoms with van der Waals surface area (Å²) >= 11 is 7.68. The summed E-state index contributed by atoms with van der Waals surface area (Å²) in [5.74, 6) is 0.403. The number of carbonyl (C=O) groups excluding carboxylic acids is 1. The van der Waals surface area contributed by atoms with Crippen molar-refractivity contribution in [3.05, 3.63) is 99.9 Å². The zero-order valence-electron chi connectivity index (χ0n) is 15.3. The second kappa shape index (κ2) is 8.90. The lowest BCUT2D eigenvalue weighted by atomic mass is 10.2. The van der Waals surface area contributed by atoms with E-state index in [2.05, 4.69) is 10.5 Å². The molecule has 0 aliphatic heterocycles. The molecule has 4 aromatic rings. The van der Waals surface area contributed by atoms with Gasteiger partial charge < -0.3 is 4.74 Å². The van der Waals surface area contributed by atoms with Gasteiger partial charge in [-0.1, -0.05) is 72.3 Å². The van der Waals surface area contributed by atoms with Crippen LogP contribution in [0.2, 0.25) is 5.02 Å². The van der Waals surface area contributed by atoms with E-state index in [1.165, 1.54) is 11.3 Å². The van der Waals surface area contributed by atoms with Crippen molar-refractivity contribution in [1.82, 2.24) is 5.43 Å². The van der Waals surface area contributed by atoms with Gasteiger partial charge >= 0.3 is 0 Å². The molecular weight excluding hydrogens is 404 g/mol. The van der Waals surface area contributed by atoms with Gasteiger partial charge in [-0.3, -0.25) is 4.79 Å². The second-order valence-electron chi connectivity index (χ2n) is 6.29. The van der Waals surface area contributed by atoms with Crippen LogP contribution in [0, 0.1) is 0 Å². The molecule has 0 aliphatic carbocycles. The lowest BCUT2D eigenvalue weighted by Crippen LogP contribution is -2.16. The lowest BCUT2D eigenvalue weighted by molar-refractivity contribution is 0.0959. The highest BCUT2D eigenvalue weighted by atomic mass is 35.5. The predicted molar refractivity (Wildman–Crippen MR) is 119 cm³/mol. The van der Waals surface area contributed by atoms with E-state index >= 15 is 0 Å². The SMILES string of the molecule is O=C(NN=Cc1cccc(OCc2ccccc2)c1)c1sc2ccccc2c1Cl. The molecule has 0 bridgehead atoms. The van der Waals surface area contributed by atoms with Crippen LogP contribution in [0.5, 0.6) is 5.75 Å². The minimum Gasteiger partial charge on any atom is -0.489 e. The van der Waals surface area contributed by atoms with Crippen LogP contribution in [0.3, 0.4) is 0 Å². The Balaban J connectivity index is 1.40. The first-order chi connectivity index (χ1) is 14.2. The number of thiophene rings is 1. The number of nitrogens with one attached hydrogen (secondary N) is 1. The number of rotatable bonds is 6. The van der Waals surface area contributed by atoms with Crippen molar-refractivity contribution in [2.75, 3.05) is 0 Å². The first-order valence-electron chi connectivity index (χ1n) is 8.98. The number of carbonyl (C=O) groups is 1. The van der Waals surface area contributed by atoms with Gasteiger partial charge in [-0.15, -0.1) is 11.3 Å². The van der Waals surface area contributed by atoms with Crippen molar-refractivity contribution in [2.45, 2.75) is 6.61 Å². The largest absolute Gasteiger partial charge is 0.489 e. The molecular formula is C23H17ClN2O2S. The van der Waals surface area contributed by atoms with Crippen molar-refractivity contribution < 1.29 is 9.53 Å². The topological polar surface area (TPSA) is 50.7 Å². The molecule has 3 aromatic carbocycles. The fourth-order valence-electron chi connectivity index (χ4n) is 2.80. The summed E-state index contributed by atoms with van der Waals surface area (Å²) in [7, 11) is 0. The third kappa shape index (κ3) is 4.65. The monoisotopic (exact) mass is 420 g/mol. The minimum absolute atomic E-state index is 0.330. The Morgan fingerprint density at radius 1 is 1.03 bits per heavy atom. The third-order valence-electron chi connectivity index (χ3n) is 4.23. The molecule has 0 atom stereocenters. The molecule has 0 radical (unpaired) electrons. The lowest BCUT2D eigenvalue weighted by Gasteiger charge is -2.06. The summed E-state index contributed by atoms with van der Waals surface area (Å²) in [6.45, 7) is 0.489. The van der Waals surface area contributed by atoms with Crippen LogP contribution in [0.4, 0.5) is 0 Å².